The number of amides is 1. The number of aryl methyl sites for hydroxylation is 2. The first kappa shape index (κ1) is 18.5. The van der Waals surface area contributed by atoms with Gasteiger partial charge in [0.05, 0.1) is 6.04 Å². The van der Waals surface area contributed by atoms with Crippen LogP contribution in [0.3, 0.4) is 0 Å². The fourth-order valence-electron chi connectivity index (χ4n) is 3.49. The summed E-state index contributed by atoms with van der Waals surface area (Å²) in [6, 6.07) is 14.5. The summed E-state index contributed by atoms with van der Waals surface area (Å²) in [5.74, 6) is 0.820. The molecule has 0 bridgehead atoms. The Morgan fingerprint density at radius 1 is 1.04 bits per heavy atom. The van der Waals surface area contributed by atoms with Gasteiger partial charge in [0.25, 0.3) is 5.91 Å². The third-order valence-electron chi connectivity index (χ3n) is 5.66. The average Bonchev–Trinajstić information content (AvgIpc) is 2.64. The molecule has 1 atom stereocenters. The van der Waals surface area contributed by atoms with Crippen molar-refractivity contribution in [3.63, 3.8) is 0 Å². The largest absolute Gasteiger partial charge is 0.372 e. The zero-order valence-corrected chi connectivity index (χ0v) is 16.4. The topological polar surface area (TPSA) is 32.3 Å². The van der Waals surface area contributed by atoms with Crippen LogP contribution in [0.1, 0.15) is 59.8 Å². The van der Waals surface area contributed by atoms with Crippen LogP contribution >= 0.6 is 0 Å². The van der Waals surface area contributed by atoms with Crippen LogP contribution in [0.15, 0.2) is 42.5 Å². The lowest BCUT2D eigenvalue weighted by molar-refractivity contribution is 0.0940. The van der Waals surface area contributed by atoms with Crippen LogP contribution in [0, 0.1) is 19.8 Å². The number of piperidine rings is 1. The third kappa shape index (κ3) is 4.27. The molecule has 3 rings (SSSR count). The van der Waals surface area contributed by atoms with Gasteiger partial charge in [-0.3, -0.25) is 4.79 Å². The Kier molecular flexibility index (Phi) is 5.65. The lowest BCUT2D eigenvalue weighted by atomic mass is 9.98. The van der Waals surface area contributed by atoms with Crippen LogP contribution in [0.5, 0.6) is 0 Å². The summed E-state index contributed by atoms with van der Waals surface area (Å²) in [6.07, 6.45) is 2.54. The Morgan fingerprint density at radius 2 is 1.69 bits per heavy atom. The number of nitrogens with zero attached hydrogens (tertiary/aromatic N) is 1. The minimum absolute atomic E-state index is 0.0143. The van der Waals surface area contributed by atoms with E-state index >= 15 is 0 Å². The number of anilines is 1. The average molecular weight is 351 g/mol. The monoisotopic (exact) mass is 350 g/mol. The number of rotatable bonds is 4. The molecule has 1 fully saturated rings. The molecule has 1 saturated heterocycles. The van der Waals surface area contributed by atoms with Gasteiger partial charge in [0.1, 0.15) is 0 Å². The zero-order chi connectivity index (χ0) is 18.7. The standard InChI is InChI=1S/C23H30N2O/c1-16-11-13-25(14-12-16)22-9-7-20(8-10-22)19(4)24-23(26)21-6-5-17(2)18(3)15-21/h5-10,15-16,19H,11-14H2,1-4H3,(H,24,26)/t19-/m0/s1. The molecule has 1 aliphatic rings. The van der Waals surface area contributed by atoms with Crippen LogP contribution in [0.4, 0.5) is 5.69 Å². The second kappa shape index (κ2) is 7.94. The van der Waals surface area contributed by atoms with Gasteiger partial charge in [-0.25, -0.2) is 0 Å². The van der Waals surface area contributed by atoms with E-state index in [1.54, 1.807) is 0 Å². The normalized spacial score (nSPS) is 16.4. The minimum atomic E-state index is -0.0188. The lowest BCUT2D eigenvalue weighted by Crippen LogP contribution is -2.32. The second-order valence-electron chi connectivity index (χ2n) is 7.76. The van der Waals surface area contributed by atoms with E-state index in [0.717, 1.165) is 35.7 Å². The van der Waals surface area contributed by atoms with Gasteiger partial charge in [0.2, 0.25) is 0 Å². The summed E-state index contributed by atoms with van der Waals surface area (Å²) in [7, 11) is 0. The van der Waals surface area contributed by atoms with E-state index in [9.17, 15) is 4.79 Å². The van der Waals surface area contributed by atoms with Crippen LogP contribution in [-0.2, 0) is 0 Å². The maximum absolute atomic E-state index is 12.5. The van der Waals surface area contributed by atoms with Gasteiger partial charge in [0, 0.05) is 24.3 Å². The van der Waals surface area contributed by atoms with E-state index in [2.05, 4.69) is 48.3 Å². The maximum atomic E-state index is 12.5. The highest BCUT2D eigenvalue weighted by Crippen LogP contribution is 2.24. The molecule has 26 heavy (non-hydrogen) atoms. The summed E-state index contributed by atoms with van der Waals surface area (Å²) >= 11 is 0. The molecular formula is C23H30N2O. The van der Waals surface area contributed by atoms with Gasteiger partial charge in [-0.1, -0.05) is 25.1 Å². The smallest absolute Gasteiger partial charge is 0.251 e. The van der Waals surface area contributed by atoms with Crippen molar-refractivity contribution >= 4 is 11.6 Å². The number of carbonyl (C=O) groups is 1. The highest BCUT2D eigenvalue weighted by molar-refractivity contribution is 5.94. The van der Waals surface area contributed by atoms with Crippen LogP contribution in [0.25, 0.3) is 0 Å². The zero-order valence-electron chi connectivity index (χ0n) is 16.4. The molecule has 1 N–H and O–H groups in total. The predicted molar refractivity (Wildman–Crippen MR) is 109 cm³/mol. The Hall–Kier alpha value is -2.29. The maximum Gasteiger partial charge on any atom is 0.251 e. The molecule has 0 unspecified atom stereocenters. The molecule has 0 spiro atoms. The molecule has 3 heteroatoms. The highest BCUT2D eigenvalue weighted by atomic mass is 16.1. The first-order valence-electron chi connectivity index (χ1n) is 9.67. The van der Waals surface area contributed by atoms with E-state index < -0.39 is 0 Å². The Labute approximate surface area is 157 Å². The SMILES string of the molecule is Cc1ccc(C(=O)N[C@@H](C)c2ccc(N3CCC(C)CC3)cc2)cc1C. The third-order valence-corrected chi connectivity index (χ3v) is 5.66. The van der Waals surface area contributed by atoms with Crippen molar-refractivity contribution in [1.29, 1.82) is 0 Å². The summed E-state index contributed by atoms with van der Waals surface area (Å²) in [4.78, 5) is 15.0. The van der Waals surface area contributed by atoms with Crippen LogP contribution < -0.4 is 10.2 Å². The molecule has 0 aromatic heterocycles. The van der Waals surface area contributed by atoms with Crippen molar-refractivity contribution in [3.05, 3.63) is 64.7 Å². The van der Waals surface area contributed by atoms with Crippen molar-refractivity contribution in [2.75, 3.05) is 18.0 Å². The van der Waals surface area contributed by atoms with E-state index in [-0.39, 0.29) is 11.9 Å². The molecule has 1 amide bonds. The number of carbonyl (C=O) groups excluding carboxylic acids is 1. The fourth-order valence-corrected chi connectivity index (χ4v) is 3.49. The Morgan fingerprint density at radius 3 is 2.31 bits per heavy atom. The molecule has 0 aliphatic carbocycles. The first-order chi connectivity index (χ1) is 12.4. The second-order valence-corrected chi connectivity index (χ2v) is 7.76. The molecule has 1 heterocycles. The lowest BCUT2D eigenvalue weighted by Gasteiger charge is -2.32. The number of hydrogen-bond donors (Lipinski definition) is 1. The summed E-state index contributed by atoms with van der Waals surface area (Å²) in [5.41, 5.74) is 5.49. The Balaban J connectivity index is 1.63. The van der Waals surface area contributed by atoms with Crippen LogP contribution in [0.2, 0.25) is 0 Å². The van der Waals surface area contributed by atoms with Crippen molar-refractivity contribution in [1.82, 2.24) is 5.32 Å². The summed E-state index contributed by atoms with van der Waals surface area (Å²) in [6.45, 7) is 10.7. The molecule has 1 aliphatic heterocycles. The minimum Gasteiger partial charge on any atom is -0.372 e. The predicted octanol–water partition coefficient (Wildman–Crippen LogP) is 5.03. The molecule has 138 valence electrons. The number of hydrogen-bond acceptors (Lipinski definition) is 2. The molecule has 0 saturated carbocycles. The van der Waals surface area contributed by atoms with Crippen molar-refractivity contribution < 1.29 is 4.79 Å². The van der Waals surface area contributed by atoms with Crippen LogP contribution in [-0.4, -0.2) is 19.0 Å². The van der Waals surface area contributed by atoms with Gasteiger partial charge < -0.3 is 10.2 Å². The van der Waals surface area contributed by atoms with Gasteiger partial charge in [-0.05, 0) is 80.5 Å². The Bertz CT molecular complexity index is 758. The summed E-state index contributed by atoms with van der Waals surface area (Å²) < 4.78 is 0. The van der Waals surface area contributed by atoms with Crippen molar-refractivity contribution in [2.24, 2.45) is 5.92 Å². The fraction of sp³-hybridized carbons (Fsp3) is 0.435. The quantitative estimate of drug-likeness (QED) is 0.839. The van der Waals surface area contributed by atoms with Gasteiger partial charge in [0.15, 0.2) is 0 Å². The first-order valence-corrected chi connectivity index (χ1v) is 9.67. The molecule has 0 radical (unpaired) electrons. The van der Waals surface area contributed by atoms with E-state index in [1.165, 1.54) is 24.1 Å². The van der Waals surface area contributed by atoms with Crippen molar-refractivity contribution in [2.45, 2.75) is 46.6 Å². The van der Waals surface area contributed by atoms with E-state index in [0.29, 0.717) is 0 Å². The van der Waals surface area contributed by atoms with Gasteiger partial charge in [-0.15, -0.1) is 0 Å². The van der Waals surface area contributed by atoms with E-state index in [1.807, 2.05) is 32.0 Å². The van der Waals surface area contributed by atoms with Gasteiger partial charge >= 0.3 is 0 Å². The highest BCUT2D eigenvalue weighted by Gasteiger charge is 2.17. The molecule has 2 aromatic carbocycles. The molecule has 3 nitrogen and oxygen atoms in total. The number of benzene rings is 2. The van der Waals surface area contributed by atoms with E-state index in [4.69, 9.17) is 0 Å². The molecule has 2 aromatic rings. The summed E-state index contributed by atoms with van der Waals surface area (Å²) in [5, 5.41) is 3.11. The van der Waals surface area contributed by atoms with Crippen molar-refractivity contribution in [3.8, 4) is 0 Å². The molecular weight excluding hydrogens is 320 g/mol. The number of nitrogens with one attached hydrogen (secondary N) is 1. The van der Waals surface area contributed by atoms with Gasteiger partial charge in [-0.2, -0.15) is 0 Å².